The average molecular weight is 277 g/mol. The molecule has 0 radical (unpaired) electrons. The van der Waals surface area contributed by atoms with Crippen LogP contribution in [0.1, 0.15) is 27.4 Å². The highest BCUT2D eigenvalue weighted by atomic mass is 19.1. The molecule has 20 heavy (non-hydrogen) atoms. The third-order valence-corrected chi connectivity index (χ3v) is 2.96. The van der Waals surface area contributed by atoms with Crippen LogP contribution in [0.15, 0.2) is 34.7 Å². The van der Waals surface area contributed by atoms with Crippen LogP contribution < -0.4 is 0 Å². The van der Waals surface area contributed by atoms with Crippen molar-refractivity contribution < 1.29 is 18.7 Å². The maximum atomic E-state index is 13.3. The number of furan rings is 1. The summed E-state index contributed by atoms with van der Waals surface area (Å²) in [4.78, 5) is 13.0. The van der Waals surface area contributed by atoms with Crippen molar-refractivity contribution in [3.63, 3.8) is 0 Å². The number of hydrogen-bond acceptors (Lipinski definition) is 3. The predicted octanol–water partition coefficient (Wildman–Crippen LogP) is 3.06. The number of hydrogen-bond donors (Lipinski definition) is 1. The van der Waals surface area contributed by atoms with Crippen LogP contribution in [0.3, 0.4) is 0 Å². The molecule has 0 aliphatic heterocycles. The average Bonchev–Trinajstić information content (AvgIpc) is 2.74. The van der Waals surface area contributed by atoms with E-state index in [4.69, 9.17) is 9.52 Å². The van der Waals surface area contributed by atoms with Gasteiger partial charge in [0.25, 0.3) is 0 Å². The number of carbonyl (C=O) groups is 1. The van der Waals surface area contributed by atoms with Crippen molar-refractivity contribution in [2.45, 2.75) is 20.0 Å². The minimum atomic E-state index is -1.05. The quantitative estimate of drug-likeness (QED) is 0.912. The van der Waals surface area contributed by atoms with E-state index in [0.717, 1.165) is 17.6 Å². The van der Waals surface area contributed by atoms with Gasteiger partial charge in [0.2, 0.25) is 0 Å². The fourth-order valence-electron chi connectivity index (χ4n) is 2.08. The van der Waals surface area contributed by atoms with Crippen LogP contribution in [0.5, 0.6) is 0 Å². The third kappa shape index (κ3) is 3.45. The Morgan fingerprint density at radius 3 is 2.65 bits per heavy atom. The van der Waals surface area contributed by atoms with E-state index < -0.39 is 11.8 Å². The Hall–Kier alpha value is -2.14. The summed E-state index contributed by atoms with van der Waals surface area (Å²) in [5, 5.41) is 9.10. The molecule has 106 valence electrons. The summed E-state index contributed by atoms with van der Waals surface area (Å²) >= 11 is 0. The van der Waals surface area contributed by atoms with Gasteiger partial charge >= 0.3 is 5.97 Å². The highest BCUT2D eigenvalue weighted by Gasteiger charge is 2.13. The first-order valence-corrected chi connectivity index (χ1v) is 6.21. The van der Waals surface area contributed by atoms with E-state index >= 15 is 0 Å². The highest BCUT2D eigenvalue weighted by Crippen LogP contribution is 2.16. The zero-order valence-electron chi connectivity index (χ0n) is 11.4. The molecule has 0 unspecified atom stereocenters. The summed E-state index contributed by atoms with van der Waals surface area (Å²) in [5.74, 6) is 0.123. The van der Waals surface area contributed by atoms with Crippen molar-refractivity contribution in [3.8, 4) is 0 Å². The van der Waals surface area contributed by atoms with Crippen LogP contribution in [0.25, 0.3) is 0 Å². The van der Waals surface area contributed by atoms with Gasteiger partial charge in [-0.05, 0) is 49.9 Å². The zero-order valence-corrected chi connectivity index (χ0v) is 11.4. The first-order chi connectivity index (χ1) is 9.45. The van der Waals surface area contributed by atoms with Crippen molar-refractivity contribution in [1.29, 1.82) is 0 Å². The molecule has 1 heterocycles. The molecule has 0 saturated heterocycles. The van der Waals surface area contributed by atoms with E-state index in [1.807, 2.05) is 31.0 Å². The van der Waals surface area contributed by atoms with Crippen LogP contribution in [0.4, 0.5) is 4.39 Å². The molecule has 0 spiro atoms. The summed E-state index contributed by atoms with van der Waals surface area (Å²) in [6, 6.07) is 7.44. The largest absolute Gasteiger partial charge is 0.478 e. The summed E-state index contributed by atoms with van der Waals surface area (Å²) in [5.41, 5.74) is 0.567. The molecular formula is C15H16FNO3. The van der Waals surface area contributed by atoms with Crippen LogP contribution >= 0.6 is 0 Å². The van der Waals surface area contributed by atoms with Crippen molar-refractivity contribution >= 4 is 5.97 Å². The Bertz CT molecular complexity index is 621. The van der Waals surface area contributed by atoms with Gasteiger partial charge in [0.1, 0.15) is 17.3 Å². The molecule has 0 amide bonds. The lowest BCUT2D eigenvalue weighted by Crippen LogP contribution is -2.19. The molecule has 0 saturated carbocycles. The van der Waals surface area contributed by atoms with Crippen LogP contribution in [0, 0.1) is 12.7 Å². The molecule has 0 aliphatic rings. The van der Waals surface area contributed by atoms with E-state index in [-0.39, 0.29) is 5.56 Å². The van der Waals surface area contributed by atoms with E-state index in [0.29, 0.717) is 18.7 Å². The fraction of sp³-hybridized carbons (Fsp3) is 0.267. The second-order valence-electron chi connectivity index (χ2n) is 4.79. The number of benzene rings is 1. The van der Waals surface area contributed by atoms with Gasteiger partial charge in [-0.1, -0.05) is 0 Å². The van der Waals surface area contributed by atoms with Gasteiger partial charge in [-0.3, -0.25) is 4.90 Å². The molecule has 2 rings (SSSR count). The maximum absolute atomic E-state index is 13.3. The number of halogens is 1. The van der Waals surface area contributed by atoms with Gasteiger partial charge in [-0.15, -0.1) is 0 Å². The Morgan fingerprint density at radius 1 is 1.30 bits per heavy atom. The first kappa shape index (κ1) is 14.3. The molecule has 1 aromatic heterocycles. The molecule has 0 fully saturated rings. The summed E-state index contributed by atoms with van der Waals surface area (Å²) in [7, 11) is 1.83. The lowest BCUT2D eigenvalue weighted by molar-refractivity contribution is 0.0694. The topological polar surface area (TPSA) is 53.7 Å². The second kappa shape index (κ2) is 5.88. The second-order valence-corrected chi connectivity index (χ2v) is 4.79. The number of rotatable bonds is 5. The Labute approximate surface area is 116 Å². The number of nitrogens with zero attached hydrogens (tertiary/aromatic N) is 1. The Kier molecular flexibility index (Phi) is 4.20. The summed E-state index contributed by atoms with van der Waals surface area (Å²) < 4.78 is 18.7. The Morgan fingerprint density at radius 2 is 2.05 bits per heavy atom. The van der Waals surface area contributed by atoms with Crippen LogP contribution in [0.2, 0.25) is 0 Å². The SMILES string of the molecule is Cc1ccc(CN(C)Cc2cc(F)ccc2C(=O)O)o1. The van der Waals surface area contributed by atoms with Crippen molar-refractivity contribution in [3.05, 3.63) is 58.8 Å². The fourth-order valence-corrected chi connectivity index (χ4v) is 2.08. The smallest absolute Gasteiger partial charge is 0.336 e. The minimum Gasteiger partial charge on any atom is -0.478 e. The zero-order chi connectivity index (χ0) is 14.7. The molecule has 0 aliphatic carbocycles. The molecule has 1 aromatic carbocycles. The third-order valence-electron chi connectivity index (χ3n) is 2.96. The highest BCUT2D eigenvalue weighted by molar-refractivity contribution is 5.89. The van der Waals surface area contributed by atoms with Gasteiger partial charge in [0.15, 0.2) is 0 Å². The number of aryl methyl sites for hydroxylation is 1. The van der Waals surface area contributed by atoms with Crippen molar-refractivity contribution in [2.24, 2.45) is 0 Å². The maximum Gasteiger partial charge on any atom is 0.336 e. The lowest BCUT2D eigenvalue weighted by atomic mass is 10.1. The molecular weight excluding hydrogens is 261 g/mol. The van der Waals surface area contributed by atoms with Crippen molar-refractivity contribution in [1.82, 2.24) is 4.90 Å². The summed E-state index contributed by atoms with van der Waals surface area (Å²) in [6.45, 7) is 2.72. The molecule has 2 aromatic rings. The molecule has 4 nitrogen and oxygen atoms in total. The van der Waals surface area contributed by atoms with Crippen molar-refractivity contribution in [2.75, 3.05) is 7.05 Å². The summed E-state index contributed by atoms with van der Waals surface area (Å²) in [6.07, 6.45) is 0. The van der Waals surface area contributed by atoms with E-state index in [1.165, 1.54) is 12.1 Å². The lowest BCUT2D eigenvalue weighted by Gasteiger charge is -2.16. The van der Waals surface area contributed by atoms with Gasteiger partial charge in [-0.2, -0.15) is 0 Å². The first-order valence-electron chi connectivity index (χ1n) is 6.21. The van der Waals surface area contributed by atoms with E-state index in [2.05, 4.69) is 0 Å². The number of carboxylic acids is 1. The monoisotopic (exact) mass is 277 g/mol. The van der Waals surface area contributed by atoms with Crippen LogP contribution in [-0.2, 0) is 13.1 Å². The van der Waals surface area contributed by atoms with Gasteiger partial charge < -0.3 is 9.52 Å². The number of carboxylic acid groups (broad SMARTS) is 1. The predicted molar refractivity (Wildman–Crippen MR) is 72.0 cm³/mol. The Balaban J connectivity index is 2.12. The normalized spacial score (nSPS) is 11.0. The van der Waals surface area contributed by atoms with Gasteiger partial charge in [-0.25, -0.2) is 9.18 Å². The van der Waals surface area contributed by atoms with E-state index in [1.54, 1.807) is 0 Å². The molecule has 0 atom stereocenters. The van der Waals surface area contributed by atoms with Crippen LogP contribution in [-0.4, -0.2) is 23.0 Å². The van der Waals surface area contributed by atoms with E-state index in [9.17, 15) is 9.18 Å². The number of aromatic carboxylic acids is 1. The van der Waals surface area contributed by atoms with Gasteiger partial charge in [0.05, 0.1) is 12.1 Å². The standard InChI is InChI=1S/C15H16FNO3/c1-10-3-5-13(20-10)9-17(2)8-11-7-12(16)4-6-14(11)15(18)19/h3-7H,8-9H2,1-2H3,(H,18,19). The molecule has 1 N–H and O–H groups in total. The molecule has 0 bridgehead atoms. The van der Waals surface area contributed by atoms with Gasteiger partial charge in [0, 0.05) is 6.54 Å². The minimum absolute atomic E-state index is 0.119. The molecule has 5 heteroatoms.